The van der Waals surface area contributed by atoms with E-state index in [0.29, 0.717) is 19.5 Å². The second kappa shape index (κ2) is 6.87. The fraction of sp³-hybridized carbons (Fsp3) is 0.368. The molecule has 0 spiro atoms. The van der Waals surface area contributed by atoms with Gasteiger partial charge in [-0.2, -0.15) is 13.2 Å². The summed E-state index contributed by atoms with van der Waals surface area (Å²) in [4.78, 5) is 13.7. The zero-order valence-corrected chi connectivity index (χ0v) is 15.6. The quantitative estimate of drug-likeness (QED) is 0.576. The van der Waals surface area contributed by atoms with E-state index in [1.165, 1.54) is 18.5 Å². The molecule has 29 heavy (non-hydrogen) atoms. The molecule has 154 valence electrons. The molecule has 0 unspecified atom stereocenters. The molecule has 1 aromatic carbocycles. The van der Waals surface area contributed by atoms with Crippen LogP contribution in [-0.4, -0.2) is 40.1 Å². The van der Waals surface area contributed by atoms with Crippen LogP contribution in [0.3, 0.4) is 0 Å². The summed E-state index contributed by atoms with van der Waals surface area (Å²) in [6, 6.07) is 3.16. The molecule has 4 rings (SSSR count). The third-order valence-corrected chi connectivity index (χ3v) is 5.27. The number of nitrogens with zero attached hydrogens (tertiary/aromatic N) is 3. The average Bonchev–Trinajstić information content (AvgIpc) is 3.24. The number of fused-ring (bicyclic) bond motifs is 1. The summed E-state index contributed by atoms with van der Waals surface area (Å²) in [6.45, 7) is 3.13. The van der Waals surface area contributed by atoms with E-state index in [0.717, 1.165) is 28.5 Å². The lowest BCUT2D eigenvalue weighted by atomic mass is 10.00. The van der Waals surface area contributed by atoms with Gasteiger partial charge < -0.3 is 20.9 Å². The summed E-state index contributed by atoms with van der Waals surface area (Å²) in [5.74, 6) is -0.565. The van der Waals surface area contributed by atoms with Gasteiger partial charge >= 0.3 is 6.18 Å². The molecule has 0 amide bonds. The van der Waals surface area contributed by atoms with Gasteiger partial charge in [-0.3, -0.25) is 0 Å². The van der Waals surface area contributed by atoms with Gasteiger partial charge in [-0.1, -0.05) is 6.07 Å². The molecule has 6 nitrogen and oxygen atoms in total. The highest BCUT2D eigenvalue weighted by molar-refractivity contribution is 5.90. The summed E-state index contributed by atoms with van der Waals surface area (Å²) >= 11 is 0. The van der Waals surface area contributed by atoms with Gasteiger partial charge in [0, 0.05) is 25.8 Å². The SMILES string of the molecule is Cc1c[nH]c2ncnc(N3CC[C@](N)(CNc4cccc(C(F)(F)F)c4F)C3)c12. The van der Waals surface area contributed by atoms with Crippen LogP contribution < -0.4 is 16.0 Å². The van der Waals surface area contributed by atoms with Gasteiger partial charge in [0.1, 0.15) is 17.8 Å². The Hall–Kier alpha value is -2.88. The number of aromatic nitrogens is 3. The highest BCUT2D eigenvalue weighted by Gasteiger charge is 2.37. The van der Waals surface area contributed by atoms with Crippen molar-refractivity contribution < 1.29 is 17.6 Å². The van der Waals surface area contributed by atoms with Gasteiger partial charge in [0.15, 0.2) is 5.82 Å². The molecule has 1 saturated heterocycles. The number of nitrogens with one attached hydrogen (secondary N) is 2. The molecule has 2 aromatic heterocycles. The van der Waals surface area contributed by atoms with Crippen molar-refractivity contribution in [2.75, 3.05) is 29.9 Å². The van der Waals surface area contributed by atoms with E-state index in [1.807, 2.05) is 18.0 Å². The Morgan fingerprint density at radius 1 is 1.31 bits per heavy atom. The Balaban J connectivity index is 1.51. The molecule has 1 aliphatic heterocycles. The van der Waals surface area contributed by atoms with E-state index in [4.69, 9.17) is 5.73 Å². The predicted octanol–water partition coefficient (Wildman–Crippen LogP) is 3.44. The Morgan fingerprint density at radius 3 is 2.86 bits per heavy atom. The van der Waals surface area contributed by atoms with Gasteiger partial charge in [0.2, 0.25) is 0 Å². The molecule has 1 atom stereocenters. The standard InChI is InChI=1S/C19H20F4N6/c1-11-7-25-16-14(11)17(28-10-27-16)29-6-5-18(24,9-29)8-26-13-4-2-3-12(15(13)20)19(21,22)23/h2-4,7,10,26H,5-6,8-9,24H2,1H3,(H,25,27,28)/t18-/m0/s1. The van der Waals surface area contributed by atoms with Crippen LogP contribution in [-0.2, 0) is 6.18 Å². The summed E-state index contributed by atoms with van der Waals surface area (Å²) in [5, 5.41) is 3.67. The summed E-state index contributed by atoms with van der Waals surface area (Å²) < 4.78 is 53.0. The molecule has 0 saturated carbocycles. The van der Waals surface area contributed by atoms with E-state index in [1.54, 1.807) is 0 Å². The number of benzene rings is 1. The van der Waals surface area contributed by atoms with Crippen molar-refractivity contribution in [3.8, 4) is 0 Å². The molecule has 10 heteroatoms. The van der Waals surface area contributed by atoms with Crippen LogP contribution in [0.1, 0.15) is 17.5 Å². The zero-order valence-electron chi connectivity index (χ0n) is 15.6. The van der Waals surface area contributed by atoms with Crippen molar-refractivity contribution in [1.82, 2.24) is 15.0 Å². The van der Waals surface area contributed by atoms with Crippen LogP contribution in [0.25, 0.3) is 11.0 Å². The highest BCUT2D eigenvalue weighted by atomic mass is 19.4. The topological polar surface area (TPSA) is 82.9 Å². The monoisotopic (exact) mass is 408 g/mol. The second-order valence-electron chi connectivity index (χ2n) is 7.44. The van der Waals surface area contributed by atoms with E-state index >= 15 is 0 Å². The first-order valence-corrected chi connectivity index (χ1v) is 9.10. The van der Waals surface area contributed by atoms with E-state index in [-0.39, 0.29) is 12.2 Å². The molecule has 0 bridgehead atoms. The van der Waals surface area contributed by atoms with Crippen molar-refractivity contribution in [1.29, 1.82) is 0 Å². The van der Waals surface area contributed by atoms with Crippen LogP contribution in [0.4, 0.5) is 29.1 Å². The number of hydrogen-bond acceptors (Lipinski definition) is 5. The van der Waals surface area contributed by atoms with Gasteiger partial charge in [-0.05, 0) is 31.0 Å². The van der Waals surface area contributed by atoms with Gasteiger partial charge in [0.25, 0.3) is 0 Å². The predicted molar refractivity (Wildman–Crippen MR) is 102 cm³/mol. The number of H-pyrrole nitrogens is 1. The fourth-order valence-electron chi connectivity index (χ4n) is 3.72. The van der Waals surface area contributed by atoms with Crippen molar-refractivity contribution in [2.24, 2.45) is 5.73 Å². The van der Waals surface area contributed by atoms with Crippen LogP contribution in [0.2, 0.25) is 0 Å². The van der Waals surface area contributed by atoms with Crippen LogP contribution in [0.15, 0.2) is 30.7 Å². The van der Waals surface area contributed by atoms with Gasteiger partial charge in [-0.15, -0.1) is 0 Å². The Labute approximate surface area is 164 Å². The first-order chi connectivity index (χ1) is 13.7. The molecular weight excluding hydrogens is 388 g/mol. The Bertz CT molecular complexity index is 1050. The molecule has 1 fully saturated rings. The fourth-order valence-corrected chi connectivity index (χ4v) is 3.72. The number of aryl methyl sites for hydroxylation is 1. The lowest BCUT2D eigenvalue weighted by Gasteiger charge is -2.26. The molecular formula is C19H20F4N6. The van der Waals surface area contributed by atoms with Gasteiger partial charge in [-0.25, -0.2) is 14.4 Å². The molecule has 0 radical (unpaired) electrons. The smallest absolute Gasteiger partial charge is 0.381 e. The summed E-state index contributed by atoms with van der Waals surface area (Å²) in [7, 11) is 0. The van der Waals surface area contributed by atoms with E-state index in [2.05, 4.69) is 20.3 Å². The van der Waals surface area contributed by atoms with Crippen LogP contribution in [0, 0.1) is 12.7 Å². The number of nitrogens with two attached hydrogens (primary N) is 1. The minimum atomic E-state index is -4.75. The van der Waals surface area contributed by atoms with Gasteiger partial charge in [0.05, 0.1) is 22.2 Å². The molecule has 0 aliphatic carbocycles. The first kappa shape index (κ1) is 19.4. The number of halogens is 4. The first-order valence-electron chi connectivity index (χ1n) is 9.10. The molecule has 4 N–H and O–H groups in total. The van der Waals surface area contributed by atoms with Crippen LogP contribution >= 0.6 is 0 Å². The maximum Gasteiger partial charge on any atom is 0.419 e. The van der Waals surface area contributed by atoms with Crippen molar-refractivity contribution in [3.63, 3.8) is 0 Å². The third kappa shape index (κ3) is 3.59. The molecule has 3 heterocycles. The number of alkyl halides is 3. The van der Waals surface area contributed by atoms with E-state index in [9.17, 15) is 17.6 Å². The largest absolute Gasteiger partial charge is 0.419 e. The lowest BCUT2D eigenvalue weighted by Crippen LogP contribution is -2.48. The average molecular weight is 408 g/mol. The molecule has 1 aliphatic rings. The summed E-state index contributed by atoms with van der Waals surface area (Å²) in [6.07, 6.45) is -0.846. The number of anilines is 2. The normalized spacial score (nSPS) is 19.9. The highest BCUT2D eigenvalue weighted by Crippen LogP contribution is 2.35. The second-order valence-corrected chi connectivity index (χ2v) is 7.44. The maximum absolute atomic E-state index is 14.2. The Kier molecular flexibility index (Phi) is 4.60. The van der Waals surface area contributed by atoms with Crippen LogP contribution in [0.5, 0.6) is 0 Å². The number of aromatic amines is 1. The van der Waals surface area contributed by atoms with Crippen molar-refractivity contribution in [2.45, 2.75) is 25.1 Å². The zero-order chi connectivity index (χ0) is 20.8. The number of hydrogen-bond donors (Lipinski definition) is 3. The van der Waals surface area contributed by atoms with Crippen molar-refractivity contribution >= 4 is 22.5 Å². The lowest BCUT2D eigenvalue weighted by molar-refractivity contribution is -0.139. The maximum atomic E-state index is 14.2. The Morgan fingerprint density at radius 2 is 2.10 bits per heavy atom. The summed E-state index contributed by atoms with van der Waals surface area (Å²) in [5.41, 5.74) is 5.94. The third-order valence-electron chi connectivity index (χ3n) is 5.27. The number of rotatable bonds is 4. The molecule has 3 aromatic rings. The minimum Gasteiger partial charge on any atom is -0.381 e. The van der Waals surface area contributed by atoms with E-state index < -0.39 is 23.1 Å². The van der Waals surface area contributed by atoms with Crippen molar-refractivity contribution in [3.05, 3.63) is 47.7 Å². The minimum absolute atomic E-state index is 0.127.